The van der Waals surface area contributed by atoms with Gasteiger partial charge in [0.1, 0.15) is 0 Å². The molecule has 2 aliphatic rings. The van der Waals surface area contributed by atoms with E-state index in [2.05, 4.69) is 72.8 Å². The minimum Gasteiger partial charge on any atom is -0.0620 e. The highest BCUT2D eigenvalue weighted by molar-refractivity contribution is 5.76. The summed E-state index contributed by atoms with van der Waals surface area (Å²) < 4.78 is 0. The Morgan fingerprint density at radius 3 is 1.36 bits per heavy atom. The Morgan fingerprint density at radius 1 is 0.455 bits per heavy atom. The van der Waals surface area contributed by atoms with Gasteiger partial charge >= 0.3 is 0 Å². The lowest BCUT2D eigenvalue weighted by Crippen LogP contribution is -1.77. The zero-order chi connectivity index (χ0) is 14.8. The Morgan fingerprint density at radius 2 is 0.864 bits per heavy atom. The topological polar surface area (TPSA) is 0 Å². The standard InChI is InChI=1S/C13H10.C9H10/c1-3-7-12-10(5-1)9-11-6-2-4-8-13(11)12;1-2-5-9-7-3-6-8(9)4-1/h1-8H,9H2;1-2,4-5H,3,6-7H2. The molecule has 0 saturated carbocycles. The van der Waals surface area contributed by atoms with E-state index in [0.717, 1.165) is 6.42 Å². The zero-order valence-corrected chi connectivity index (χ0v) is 12.8. The summed E-state index contributed by atoms with van der Waals surface area (Å²) in [4.78, 5) is 0. The van der Waals surface area contributed by atoms with Crippen LogP contribution in [0.3, 0.4) is 0 Å². The van der Waals surface area contributed by atoms with Crippen molar-refractivity contribution in [1.82, 2.24) is 0 Å². The number of benzene rings is 3. The monoisotopic (exact) mass is 284 g/mol. The van der Waals surface area contributed by atoms with E-state index in [-0.39, 0.29) is 0 Å². The maximum absolute atomic E-state index is 2.24. The molecule has 0 bridgehead atoms. The van der Waals surface area contributed by atoms with E-state index in [4.69, 9.17) is 0 Å². The molecule has 0 amide bonds. The van der Waals surface area contributed by atoms with Crippen molar-refractivity contribution < 1.29 is 0 Å². The van der Waals surface area contributed by atoms with Gasteiger partial charge in [-0.3, -0.25) is 0 Å². The van der Waals surface area contributed by atoms with Crippen molar-refractivity contribution in [3.8, 4) is 11.1 Å². The summed E-state index contributed by atoms with van der Waals surface area (Å²) in [6, 6.07) is 26.0. The van der Waals surface area contributed by atoms with E-state index in [1.54, 1.807) is 11.1 Å². The van der Waals surface area contributed by atoms with E-state index in [0.29, 0.717) is 0 Å². The fraction of sp³-hybridized carbons (Fsp3) is 0.182. The first-order chi connectivity index (χ1) is 10.9. The van der Waals surface area contributed by atoms with E-state index in [1.807, 2.05) is 0 Å². The molecular weight excluding hydrogens is 264 g/mol. The largest absolute Gasteiger partial charge is 0.0620 e. The molecule has 0 saturated heterocycles. The van der Waals surface area contributed by atoms with Gasteiger partial charge in [0, 0.05) is 0 Å². The van der Waals surface area contributed by atoms with Crippen molar-refractivity contribution in [1.29, 1.82) is 0 Å². The van der Waals surface area contributed by atoms with Crippen LogP contribution in [0.2, 0.25) is 0 Å². The molecule has 0 nitrogen and oxygen atoms in total. The van der Waals surface area contributed by atoms with Crippen molar-refractivity contribution in [3.63, 3.8) is 0 Å². The maximum atomic E-state index is 2.24. The lowest BCUT2D eigenvalue weighted by molar-refractivity contribution is 0.912. The second-order valence-corrected chi connectivity index (χ2v) is 6.11. The van der Waals surface area contributed by atoms with Crippen LogP contribution in [0.4, 0.5) is 0 Å². The third-order valence-corrected chi connectivity index (χ3v) is 4.72. The van der Waals surface area contributed by atoms with E-state index >= 15 is 0 Å². The summed E-state index contributed by atoms with van der Waals surface area (Å²) in [7, 11) is 0. The first-order valence-corrected chi connectivity index (χ1v) is 8.15. The molecule has 0 heteroatoms. The molecule has 22 heavy (non-hydrogen) atoms. The van der Waals surface area contributed by atoms with Crippen LogP contribution in [0.5, 0.6) is 0 Å². The molecule has 108 valence electrons. The summed E-state index contributed by atoms with van der Waals surface area (Å²) in [6.45, 7) is 0. The van der Waals surface area contributed by atoms with Gasteiger partial charge in [0.15, 0.2) is 0 Å². The molecule has 0 spiro atoms. The third kappa shape index (κ3) is 2.46. The van der Waals surface area contributed by atoms with E-state index < -0.39 is 0 Å². The van der Waals surface area contributed by atoms with Crippen LogP contribution in [-0.2, 0) is 19.3 Å². The quantitative estimate of drug-likeness (QED) is 0.404. The summed E-state index contributed by atoms with van der Waals surface area (Å²) in [5.41, 5.74) is 8.89. The number of rotatable bonds is 0. The van der Waals surface area contributed by atoms with Gasteiger partial charge in [0.05, 0.1) is 0 Å². The molecule has 0 atom stereocenters. The molecule has 0 aromatic heterocycles. The molecule has 0 radical (unpaired) electrons. The summed E-state index contributed by atoms with van der Waals surface area (Å²) in [6.07, 6.45) is 5.07. The molecule has 0 N–H and O–H groups in total. The minimum absolute atomic E-state index is 1.10. The lowest BCUT2D eigenvalue weighted by atomic mass is 10.1. The van der Waals surface area contributed by atoms with Crippen LogP contribution in [0.25, 0.3) is 11.1 Å². The molecule has 0 aliphatic heterocycles. The second-order valence-electron chi connectivity index (χ2n) is 6.11. The van der Waals surface area contributed by atoms with E-state index in [9.17, 15) is 0 Å². The van der Waals surface area contributed by atoms with Crippen molar-refractivity contribution in [3.05, 3.63) is 95.1 Å². The van der Waals surface area contributed by atoms with Crippen LogP contribution in [-0.4, -0.2) is 0 Å². The van der Waals surface area contributed by atoms with Crippen LogP contribution >= 0.6 is 0 Å². The van der Waals surface area contributed by atoms with Crippen molar-refractivity contribution in [2.24, 2.45) is 0 Å². The number of hydrogen-bond acceptors (Lipinski definition) is 0. The molecule has 0 heterocycles. The van der Waals surface area contributed by atoms with Crippen LogP contribution in [0, 0.1) is 0 Å². The fourth-order valence-corrected chi connectivity index (χ4v) is 3.59. The van der Waals surface area contributed by atoms with Crippen molar-refractivity contribution >= 4 is 0 Å². The Balaban J connectivity index is 0.000000122. The van der Waals surface area contributed by atoms with Crippen molar-refractivity contribution in [2.45, 2.75) is 25.7 Å². The molecule has 0 unspecified atom stereocenters. The van der Waals surface area contributed by atoms with Gasteiger partial charge in [-0.15, -0.1) is 0 Å². The first kappa shape index (κ1) is 13.3. The van der Waals surface area contributed by atoms with Crippen LogP contribution < -0.4 is 0 Å². The summed E-state index contributed by atoms with van der Waals surface area (Å²) in [5, 5.41) is 0. The third-order valence-electron chi connectivity index (χ3n) is 4.72. The molecule has 5 rings (SSSR count). The highest BCUT2D eigenvalue weighted by atomic mass is 14.2. The van der Waals surface area contributed by atoms with Crippen LogP contribution in [0.15, 0.2) is 72.8 Å². The number of fused-ring (bicyclic) bond motifs is 4. The van der Waals surface area contributed by atoms with Gasteiger partial charge < -0.3 is 0 Å². The van der Waals surface area contributed by atoms with Gasteiger partial charge in [0.25, 0.3) is 0 Å². The number of hydrogen-bond donors (Lipinski definition) is 0. The number of aryl methyl sites for hydroxylation is 2. The fourth-order valence-electron chi connectivity index (χ4n) is 3.59. The van der Waals surface area contributed by atoms with Gasteiger partial charge in [-0.2, -0.15) is 0 Å². The molecule has 3 aromatic rings. The van der Waals surface area contributed by atoms with Gasteiger partial charge in [-0.25, -0.2) is 0 Å². The Hall–Kier alpha value is -2.34. The normalized spacial score (nSPS) is 13.6. The maximum Gasteiger partial charge on any atom is -0.00135 e. The minimum atomic E-state index is 1.10. The average molecular weight is 284 g/mol. The molecule has 3 aromatic carbocycles. The Bertz CT molecular complexity index is 732. The first-order valence-electron chi connectivity index (χ1n) is 8.15. The Labute approximate surface area is 132 Å². The highest BCUT2D eigenvalue weighted by Crippen LogP contribution is 2.35. The molecule has 0 fully saturated rings. The van der Waals surface area contributed by atoms with Gasteiger partial charge in [-0.1, -0.05) is 72.8 Å². The highest BCUT2D eigenvalue weighted by Gasteiger charge is 2.15. The predicted molar refractivity (Wildman–Crippen MR) is 93.2 cm³/mol. The summed E-state index contributed by atoms with van der Waals surface area (Å²) >= 11 is 0. The smallest absolute Gasteiger partial charge is 0.00135 e. The SMILES string of the molecule is c1ccc2c(c1)CCC2.c1ccc2c(c1)Cc1ccccc1-2. The molecule has 2 aliphatic carbocycles. The zero-order valence-electron chi connectivity index (χ0n) is 12.8. The summed E-state index contributed by atoms with van der Waals surface area (Å²) in [5.74, 6) is 0. The van der Waals surface area contributed by atoms with Crippen molar-refractivity contribution in [2.75, 3.05) is 0 Å². The molecular formula is C22H20. The second kappa shape index (κ2) is 5.81. The van der Waals surface area contributed by atoms with Gasteiger partial charge in [0.2, 0.25) is 0 Å². The lowest BCUT2D eigenvalue weighted by Gasteiger charge is -1.98. The average Bonchev–Trinajstić information content (AvgIpc) is 3.19. The van der Waals surface area contributed by atoms with E-state index in [1.165, 1.54) is 41.5 Å². The predicted octanol–water partition coefficient (Wildman–Crippen LogP) is 5.43. The Kier molecular flexibility index (Phi) is 3.52. The van der Waals surface area contributed by atoms with Crippen LogP contribution in [0.1, 0.15) is 28.7 Å². The van der Waals surface area contributed by atoms with Gasteiger partial charge in [-0.05, 0) is 59.1 Å².